The number of hydrogen-bond acceptors (Lipinski definition) is 11. The number of hydrogen-bond donors (Lipinski definition) is 1. The van der Waals surface area contributed by atoms with Crippen LogP contribution in [0.5, 0.6) is 5.88 Å². The zero-order valence-corrected chi connectivity index (χ0v) is 22.1. The Kier molecular flexibility index (Phi) is 7.78. The summed E-state index contributed by atoms with van der Waals surface area (Å²) < 4.78 is 41.7. The minimum Gasteiger partial charge on any atom is -0.481 e. The molecule has 12 nitrogen and oxygen atoms in total. The summed E-state index contributed by atoms with van der Waals surface area (Å²) in [6.45, 7) is 3.35. The number of halogens is 1. The van der Waals surface area contributed by atoms with E-state index in [1.165, 1.54) is 44.9 Å². The monoisotopic (exact) mass is 550 g/mol. The summed E-state index contributed by atoms with van der Waals surface area (Å²) in [5, 5.41) is 9.48. The lowest BCUT2D eigenvalue weighted by Gasteiger charge is -2.23. The SMILES string of the molecule is COc1cccc(-c2nnc(NS(=O)(=O)C(C)C(OC)c3ncc(Cl)cn3)n2C(C)c2cscn2)n1. The molecule has 0 amide bonds. The molecule has 4 aromatic rings. The highest BCUT2D eigenvalue weighted by molar-refractivity contribution is 7.93. The van der Waals surface area contributed by atoms with Crippen LogP contribution in [0, 0.1) is 0 Å². The molecule has 4 aromatic heterocycles. The normalized spacial score (nSPS) is 14.2. The van der Waals surface area contributed by atoms with Gasteiger partial charge in [-0.15, -0.1) is 21.5 Å². The van der Waals surface area contributed by atoms with Crippen LogP contribution in [0.1, 0.15) is 37.5 Å². The topological polar surface area (TPSA) is 147 Å². The molecule has 15 heteroatoms. The molecular formula is C21H23ClN8O4S2. The van der Waals surface area contributed by atoms with Gasteiger partial charge >= 0.3 is 0 Å². The molecule has 3 atom stereocenters. The Hall–Kier alpha value is -3.20. The van der Waals surface area contributed by atoms with E-state index in [1.807, 2.05) is 12.3 Å². The van der Waals surface area contributed by atoms with E-state index in [4.69, 9.17) is 21.1 Å². The van der Waals surface area contributed by atoms with Crippen LogP contribution in [0.15, 0.2) is 41.5 Å². The maximum absolute atomic E-state index is 13.4. The number of thiazole rings is 1. The van der Waals surface area contributed by atoms with Crippen LogP contribution in [0.2, 0.25) is 5.02 Å². The Bertz CT molecular complexity index is 1410. The summed E-state index contributed by atoms with van der Waals surface area (Å²) in [6, 6.07) is 4.77. The van der Waals surface area contributed by atoms with E-state index in [2.05, 4.69) is 34.9 Å². The highest BCUT2D eigenvalue weighted by atomic mass is 35.5. The smallest absolute Gasteiger partial charge is 0.240 e. The molecule has 36 heavy (non-hydrogen) atoms. The highest BCUT2D eigenvalue weighted by Gasteiger charge is 2.35. The molecule has 0 saturated heterocycles. The summed E-state index contributed by atoms with van der Waals surface area (Å²) in [6.07, 6.45) is 1.79. The molecule has 1 N–H and O–H groups in total. The fourth-order valence-electron chi connectivity index (χ4n) is 3.48. The van der Waals surface area contributed by atoms with Crippen LogP contribution >= 0.6 is 22.9 Å². The maximum atomic E-state index is 13.4. The number of nitrogens with one attached hydrogen (secondary N) is 1. The number of sulfonamides is 1. The number of anilines is 1. The molecule has 0 radical (unpaired) electrons. The highest BCUT2D eigenvalue weighted by Crippen LogP contribution is 2.31. The van der Waals surface area contributed by atoms with Crippen LogP contribution in [-0.4, -0.2) is 62.6 Å². The van der Waals surface area contributed by atoms with Crippen molar-refractivity contribution in [1.29, 1.82) is 0 Å². The molecule has 0 saturated carbocycles. The molecule has 190 valence electrons. The Labute approximate surface area is 216 Å². The van der Waals surface area contributed by atoms with Crippen molar-refractivity contribution in [2.24, 2.45) is 0 Å². The van der Waals surface area contributed by atoms with Crippen molar-refractivity contribution in [2.75, 3.05) is 18.9 Å². The first kappa shape index (κ1) is 25.9. The summed E-state index contributed by atoms with van der Waals surface area (Å²) in [7, 11) is -1.17. The predicted octanol–water partition coefficient (Wildman–Crippen LogP) is 3.38. The Morgan fingerprint density at radius 2 is 1.86 bits per heavy atom. The molecule has 0 aromatic carbocycles. The summed E-state index contributed by atoms with van der Waals surface area (Å²) in [5.74, 6) is 0.890. The van der Waals surface area contributed by atoms with Crippen molar-refractivity contribution in [2.45, 2.75) is 31.2 Å². The average molecular weight is 551 g/mol. The molecule has 4 heterocycles. The fraction of sp³-hybridized carbons (Fsp3) is 0.333. The standard InChI is InChI=1S/C21H23ClN8O4S2/c1-12(16-10-35-11-25-16)30-20(15-6-5-7-17(26-15)33-3)27-28-21(30)29-36(31,32)13(2)18(34-4)19-23-8-14(22)9-24-19/h5-13,18H,1-4H3,(H,28,29). The lowest BCUT2D eigenvalue weighted by molar-refractivity contribution is 0.0950. The number of pyridine rings is 1. The number of nitrogens with zero attached hydrogens (tertiary/aromatic N) is 7. The summed E-state index contributed by atoms with van der Waals surface area (Å²) >= 11 is 7.29. The van der Waals surface area contributed by atoms with Gasteiger partial charge in [0, 0.05) is 30.9 Å². The van der Waals surface area contributed by atoms with Crippen molar-refractivity contribution in [3.63, 3.8) is 0 Å². The fourth-order valence-corrected chi connectivity index (χ4v) is 5.35. The van der Waals surface area contributed by atoms with E-state index >= 15 is 0 Å². The summed E-state index contributed by atoms with van der Waals surface area (Å²) in [4.78, 5) is 17.0. The number of aromatic nitrogens is 7. The molecule has 3 unspecified atom stereocenters. The first-order valence-corrected chi connectivity index (χ1v) is 13.5. The minimum absolute atomic E-state index is 0.00570. The Morgan fingerprint density at radius 3 is 2.50 bits per heavy atom. The zero-order valence-electron chi connectivity index (χ0n) is 19.7. The lowest BCUT2D eigenvalue weighted by atomic mass is 10.2. The van der Waals surface area contributed by atoms with Gasteiger partial charge in [0.2, 0.25) is 21.9 Å². The van der Waals surface area contributed by atoms with E-state index in [1.54, 1.807) is 28.3 Å². The van der Waals surface area contributed by atoms with Crippen molar-refractivity contribution in [3.05, 3.63) is 58.0 Å². The third-order valence-electron chi connectivity index (χ3n) is 5.42. The molecule has 0 aliphatic carbocycles. The van der Waals surface area contributed by atoms with Gasteiger partial charge in [-0.25, -0.2) is 28.4 Å². The molecule has 0 aliphatic heterocycles. The van der Waals surface area contributed by atoms with Gasteiger partial charge in [-0.2, -0.15) is 0 Å². The molecular weight excluding hydrogens is 528 g/mol. The van der Waals surface area contributed by atoms with Gasteiger partial charge in [0.15, 0.2) is 11.6 Å². The van der Waals surface area contributed by atoms with Gasteiger partial charge in [-0.05, 0) is 19.9 Å². The van der Waals surface area contributed by atoms with Gasteiger partial charge < -0.3 is 9.47 Å². The maximum Gasteiger partial charge on any atom is 0.240 e. The number of ether oxygens (including phenoxy) is 2. The van der Waals surface area contributed by atoms with E-state index in [0.29, 0.717) is 28.1 Å². The molecule has 0 fully saturated rings. The predicted molar refractivity (Wildman–Crippen MR) is 135 cm³/mol. The van der Waals surface area contributed by atoms with Crippen LogP contribution in [0.3, 0.4) is 0 Å². The van der Waals surface area contributed by atoms with Gasteiger partial charge in [-0.1, -0.05) is 17.7 Å². The minimum atomic E-state index is -4.06. The largest absolute Gasteiger partial charge is 0.481 e. The van der Waals surface area contributed by atoms with E-state index in [-0.39, 0.29) is 11.8 Å². The number of rotatable bonds is 10. The van der Waals surface area contributed by atoms with E-state index in [9.17, 15) is 8.42 Å². The quantitative estimate of drug-likeness (QED) is 0.311. The van der Waals surface area contributed by atoms with Crippen LogP contribution < -0.4 is 9.46 Å². The average Bonchev–Trinajstić information content (AvgIpc) is 3.55. The van der Waals surface area contributed by atoms with Gasteiger partial charge in [0.1, 0.15) is 17.0 Å². The van der Waals surface area contributed by atoms with Crippen LogP contribution in [0.4, 0.5) is 5.95 Å². The van der Waals surface area contributed by atoms with Crippen LogP contribution in [0.25, 0.3) is 11.5 Å². The summed E-state index contributed by atoms with van der Waals surface area (Å²) in [5.41, 5.74) is 2.86. The molecule has 4 rings (SSSR count). The van der Waals surface area contributed by atoms with Gasteiger partial charge in [-0.3, -0.25) is 9.29 Å². The third-order valence-corrected chi connectivity index (χ3v) is 7.92. The van der Waals surface area contributed by atoms with Gasteiger partial charge in [0.25, 0.3) is 0 Å². The Balaban J connectivity index is 1.73. The second kappa shape index (κ2) is 10.8. The molecule has 0 bridgehead atoms. The van der Waals surface area contributed by atoms with Crippen molar-refractivity contribution in [1.82, 2.24) is 34.7 Å². The second-order valence-electron chi connectivity index (χ2n) is 7.64. The van der Waals surface area contributed by atoms with Crippen LogP contribution in [-0.2, 0) is 14.8 Å². The third kappa shape index (κ3) is 5.31. The van der Waals surface area contributed by atoms with Crippen molar-refractivity contribution in [3.8, 4) is 17.4 Å². The van der Waals surface area contributed by atoms with E-state index < -0.39 is 27.4 Å². The van der Waals surface area contributed by atoms with Crippen molar-refractivity contribution < 1.29 is 17.9 Å². The number of methoxy groups -OCH3 is 2. The first-order valence-electron chi connectivity index (χ1n) is 10.6. The molecule has 0 aliphatic rings. The Morgan fingerprint density at radius 1 is 1.11 bits per heavy atom. The van der Waals surface area contributed by atoms with E-state index in [0.717, 1.165) is 0 Å². The molecule has 0 spiro atoms. The first-order chi connectivity index (χ1) is 17.2. The van der Waals surface area contributed by atoms with Gasteiger partial charge in [0.05, 0.1) is 29.4 Å². The lowest BCUT2D eigenvalue weighted by Crippen LogP contribution is -2.33. The second-order valence-corrected chi connectivity index (χ2v) is 10.8. The zero-order chi connectivity index (χ0) is 25.9. The van der Waals surface area contributed by atoms with Crippen molar-refractivity contribution >= 4 is 38.9 Å².